The summed E-state index contributed by atoms with van der Waals surface area (Å²) in [4.78, 5) is 17.0. The van der Waals surface area contributed by atoms with E-state index in [0.717, 1.165) is 32.0 Å². The smallest absolute Gasteiger partial charge is 0.227 e. The van der Waals surface area contributed by atoms with E-state index in [1.165, 1.54) is 32.4 Å². The van der Waals surface area contributed by atoms with Crippen molar-refractivity contribution in [3.63, 3.8) is 0 Å². The Bertz CT molecular complexity index is 378. The molecule has 21 heavy (non-hydrogen) atoms. The molecule has 3 fully saturated rings. The van der Waals surface area contributed by atoms with E-state index in [0.29, 0.717) is 18.0 Å². The van der Waals surface area contributed by atoms with E-state index in [1.54, 1.807) is 0 Å². The molecule has 4 heteroatoms. The molecule has 1 unspecified atom stereocenters. The number of rotatable bonds is 3. The molecular weight excluding hydrogens is 262 g/mol. The first kappa shape index (κ1) is 15.3. The van der Waals surface area contributed by atoms with Gasteiger partial charge in [-0.05, 0) is 32.1 Å². The number of nitrogens with zero attached hydrogens (tertiary/aromatic N) is 2. The van der Waals surface area contributed by atoms with E-state index in [9.17, 15) is 4.79 Å². The van der Waals surface area contributed by atoms with Crippen LogP contribution in [0.15, 0.2) is 0 Å². The van der Waals surface area contributed by atoms with Crippen molar-refractivity contribution in [1.29, 1.82) is 0 Å². The Morgan fingerprint density at radius 3 is 2.14 bits per heavy atom. The molecule has 0 radical (unpaired) electrons. The number of piperidine rings is 1. The van der Waals surface area contributed by atoms with Gasteiger partial charge in [-0.15, -0.1) is 0 Å². The van der Waals surface area contributed by atoms with Crippen LogP contribution in [-0.2, 0) is 4.79 Å². The van der Waals surface area contributed by atoms with Crippen LogP contribution >= 0.6 is 0 Å². The Morgan fingerprint density at radius 1 is 0.952 bits per heavy atom. The fourth-order valence-corrected chi connectivity index (χ4v) is 3.75. The molecule has 0 aromatic heterocycles. The van der Waals surface area contributed by atoms with Gasteiger partial charge in [0.25, 0.3) is 0 Å². The third-order valence-electron chi connectivity index (χ3n) is 5.18. The van der Waals surface area contributed by atoms with E-state index in [-0.39, 0.29) is 5.41 Å². The fourth-order valence-electron chi connectivity index (χ4n) is 3.75. The van der Waals surface area contributed by atoms with Crippen LogP contribution in [0, 0.1) is 5.41 Å². The van der Waals surface area contributed by atoms with Crippen LogP contribution in [0.2, 0.25) is 0 Å². The summed E-state index contributed by atoms with van der Waals surface area (Å²) < 4.78 is 0. The van der Waals surface area contributed by atoms with Crippen LogP contribution in [-0.4, -0.2) is 60.0 Å². The Hall–Kier alpha value is -0.610. The Balaban J connectivity index is 1.41. The number of amides is 1. The molecule has 1 aliphatic carbocycles. The summed E-state index contributed by atoms with van der Waals surface area (Å²) in [5.74, 6) is 0.307. The van der Waals surface area contributed by atoms with Crippen molar-refractivity contribution in [1.82, 2.24) is 15.1 Å². The van der Waals surface area contributed by atoms with Gasteiger partial charge in [-0.25, -0.2) is 0 Å². The SMILES string of the molecule is CC(C)(C)C(=O)N1CCC(NC2CCN(C3CC3)C2)CC1. The second kappa shape index (κ2) is 5.88. The van der Waals surface area contributed by atoms with Gasteiger partial charge in [-0.1, -0.05) is 20.8 Å². The lowest BCUT2D eigenvalue weighted by molar-refractivity contribution is -0.140. The van der Waals surface area contributed by atoms with Crippen molar-refractivity contribution in [3.8, 4) is 0 Å². The molecule has 0 spiro atoms. The van der Waals surface area contributed by atoms with Crippen LogP contribution in [0.1, 0.15) is 52.9 Å². The summed E-state index contributed by atoms with van der Waals surface area (Å²) in [7, 11) is 0. The lowest BCUT2D eigenvalue weighted by Gasteiger charge is -2.37. The average molecular weight is 293 g/mol. The summed E-state index contributed by atoms with van der Waals surface area (Å²) >= 11 is 0. The summed E-state index contributed by atoms with van der Waals surface area (Å²) in [5.41, 5.74) is -0.240. The topological polar surface area (TPSA) is 35.6 Å². The highest BCUT2D eigenvalue weighted by atomic mass is 16.2. The van der Waals surface area contributed by atoms with E-state index >= 15 is 0 Å². The normalized spacial score (nSPS) is 29.1. The molecule has 2 heterocycles. The molecule has 2 saturated heterocycles. The van der Waals surface area contributed by atoms with Gasteiger partial charge in [0.15, 0.2) is 0 Å². The maximum Gasteiger partial charge on any atom is 0.227 e. The molecule has 1 amide bonds. The third-order valence-corrected chi connectivity index (χ3v) is 5.18. The molecule has 0 aromatic carbocycles. The van der Waals surface area contributed by atoms with Crippen molar-refractivity contribution in [2.24, 2.45) is 5.41 Å². The molecular formula is C17H31N3O. The molecule has 0 aromatic rings. The number of nitrogens with one attached hydrogen (secondary N) is 1. The second-order valence-corrected chi connectivity index (χ2v) is 8.19. The first-order valence-electron chi connectivity index (χ1n) is 8.73. The Labute approximate surface area is 129 Å². The minimum absolute atomic E-state index is 0.240. The van der Waals surface area contributed by atoms with Gasteiger partial charge in [0.2, 0.25) is 5.91 Å². The number of carbonyl (C=O) groups is 1. The number of hydrogen-bond donors (Lipinski definition) is 1. The van der Waals surface area contributed by atoms with Crippen LogP contribution < -0.4 is 5.32 Å². The molecule has 3 rings (SSSR count). The highest BCUT2D eigenvalue weighted by molar-refractivity contribution is 5.81. The van der Waals surface area contributed by atoms with E-state index < -0.39 is 0 Å². The first-order valence-corrected chi connectivity index (χ1v) is 8.73. The summed E-state index contributed by atoms with van der Waals surface area (Å²) in [6.07, 6.45) is 6.36. The molecule has 4 nitrogen and oxygen atoms in total. The van der Waals surface area contributed by atoms with Gasteiger partial charge in [-0.2, -0.15) is 0 Å². The monoisotopic (exact) mass is 293 g/mol. The van der Waals surface area contributed by atoms with E-state index in [2.05, 4.69) is 15.1 Å². The van der Waals surface area contributed by atoms with Crippen molar-refractivity contribution in [2.45, 2.75) is 71.0 Å². The average Bonchev–Trinajstić information content (AvgIpc) is 3.19. The fraction of sp³-hybridized carbons (Fsp3) is 0.941. The van der Waals surface area contributed by atoms with Crippen molar-refractivity contribution in [2.75, 3.05) is 26.2 Å². The maximum absolute atomic E-state index is 12.3. The maximum atomic E-state index is 12.3. The number of likely N-dealkylation sites (tertiary alicyclic amines) is 2. The van der Waals surface area contributed by atoms with Crippen molar-refractivity contribution < 1.29 is 4.79 Å². The largest absolute Gasteiger partial charge is 0.342 e. The van der Waals surface area contributed by atoms with Crippen molar-refractivity contribution >= 4 is 5.91 Å². The molecule has 0 bridgehead atoms. The summed E-state index contributed by atoms with van der Waals surface area (Å²) in [6, 6.07) is 2.20. The minimum Gasteiger partial charge on any atom is -0.342 e. The van der Waals surface area contributed by atoms with Gasteiger partial charge >= 0.3 is 0 Å². The van der Waals surface area contributed by atoms with Gasteiger partial charge in [0.05, 0.1) is 0 Å². The molecule has 3 aliphatic rings. The van der Waals surface area contributed by atoms with Gasteiger partial charge < -0.3 is 10.2 Å². The first-order chi connectivity index (χ1) is 9.93. The molecule has 2 aliphatic heterocycles. The Kier molecular flexibility index (Phi) is 4.28. The van der Waals surface area contributed by atoms with Crippen LogP contribution in [0.5, 0.6) is 0 Å². The highest BCUT2D eigenvalue weighted by Crippen LogP contribution is 2.30. The summed E-state index contributed by atoms with van der Waals surface area (Å²) in [5, 5.41) is 3.85. The molecule has 1 atom stereocenters. The van der Waals surface area contributed by atoms with Crippen LogP contribution in [0.3, 0.4) is 0 Å². The van der Waals surface area contributed by atoms with Gasteiger partial charge in [0.1, 0.15) is 0 Å². The molecule has 120 valence electrons. The number of carbonyl (C=O) groups excluding carboxylic acids is 1. The zero-order chi connectivity index (χ0) is 15.0. The Morgan fingerprint density at radius 2 is 1.57 bits per heavy atom. The second-order valence-electron chi connectivity index (χ2n) is 8.19. The minimum atomic E-state index is -0.240. The van der Waals surface area contributed by atoms with Gasteiger partial charge in [-0.3, -0.25) is 9.69 Å². The lowest BCUT2D eigenvalue weighted by Crippen LogP contribution is -2.50. The molecule has 1 N–H and O–H groups in total. The standard InChI is InChI=1S/C17H31N3O/c1-17(2,3)16(21)19-9-6-13(7-10-19)18-14-8-11-20(12-14)15-4-5-15/h13-15,18H,4-12H2,1-3H3. The quantitative estimate of drug-likeness (QED) is 0.862. The molecule has 1 saturated carbocycles. The van der Waals surface area contributed by atoms with Crippen LogP contribution in [0.25, 0.3) is 0 Å². The predicted molar refractivity (Wildman–Crippen MR) is 85.2 cm³/mol. The zero-order valence-corrected chi connectivity index (χ0v) is 13.9. The van der Waals surface area contributed by atoms with Crippen molar-refractivity contribution in [3.05, 3.63) is 0 Å². The van der Waals surface area contributed by atoms with E-state index in [4.69, 9.17) is 0 Å². The zero-order valence-electron chi connectivity index (χ0n) is 13.9. The third kappa shape index (κ3) is 3.78. The van der Waals surface area contributed by atoms with Crippen LogP contribution in [0.4, 0.5) is 0 Å². The van der Waals surface area contributed by atoms with E-state index in [1.807, 2.05) is 20.8 Å². The van der Waals surface area contributed by atoms with Gasteiger partial charge in [0, 0.05) is 49.7 Å². The lowest BCUT2D eigenvalue weighted by atomic mass is 9.93. The number of hydrogen-bond acceptors (Lipinski definition) is 3. The highest BCUT2D eigenvalue weighted by Gasteiger charge is 2.36. The predicted octanol–water partition coefficient (Wildman–Crippen LogP) is 1.85. The summed E-state index contributed by atoms with van der Waals surface area (Å²) in [6.45, 7) is 10.4.